The van der Waals surface area contributed by atoms with E-state index in [1.165, 1.54) is 5.52 Å². The van der Waals surface area contributed by atoms with E-state index in [0.717, 1.165) is 23.5 Å². The Labute approximate surface area is 83.6 Å². The van der Waals surface area contributed by atoms with Crippen molar-refractivity contribution >= 4 is 5.52 Å². The van der Waals surface area contributed by atoms with Gasteiger partial charge < -0.3 is 10.1 Å². The Hall–Kier alpha value is -1.35. The average molecular weight is 189 g/mol. The fourth-order valence-electron chi connectivity index (χ4n) is 1.73. The molecule has 74 valence electrons. The van der Waals surface area contributed by atoms with Crippen molar-refractivity contribution in [2.45, 2.75) is 26.8 Å². The summed E-state index contributed by atoms with van der Waals surface area (Å²) in [7, 11) is 0. The van der Waals surface area contributed by atoms with Crippen LogP contribution in [0.5, 0.6) is 0 Å². The monoisotopic (exact) mass is 189 g/mol. The van der Waals surface area contributed by atoms with E-state index in [-0.39, 0.29) is 0 Å². The van der Waals surface area contributed by atoms with E-state index in [9.17, 15) is 0 Å². The molecule has 0 aromatic carbocycles. The number of pyridine rings is 1. The van der Waals surface area contributed by atoms with E-state index in [2.05, 4.69) is 34.6 Å². The second kappa shape index (κ2) is 3.42. The first-order valence-corrected chi connectivity index (χ1v) is 4.92. The highest BCUT2D eigenvalue weighted by molar-refractivity contribution is 5.53. The molecule has 2 N–H and O–H groups in total. The SMILES string of the molecule is CCc1nc(C)c2ccc(CN)cn12. The molecule has 0 radical (unpaired) electrons. The highest BCUT2D eigenvalue weighted by atomic mass is 15.0. The Morgan fingerprint density at radius 2 is 2.21 bits per heavy atom. The number of hydrogen-bond acceptors (Lipinski definition) is 2. The van der Waals surface area contributed by atoms with Crippen LogP contribution in [0.15, 0.2) is 18.3 Å². The number of aromatic nitrogens is 2. The molecular formula is C11H15N3. The van der Waals surface area contributed by atoms with Gasteiger partial charge in [-0.15, -0.1) is 0 Å². The maximum atomic E-state index is 5.61. The van der Waals surface area contributed by atoms with Crippen LogP contribution >= 0.6 is 0 Å². The van der Waals surface area contributed by atoms with Crippen LogP contribution in [-0.2, 0) is 13.0 Å². The van der Waals surface area contributed by atoms with Gasteiger partial charge in [-0.3, -0.25) is 0 Å². The first-order chi connectivity index (χ1) is 6.76. The zero-order valence-corrected chi connectivity index (χ0v) is 8.62. The van der Waals surface area contributed by atoms with Crippen LogP contribution in [0.1, 0.15) is 24.0 Å². The molecule has 0 saturated carbocycles. The number of nitrogens with two attached hydrogens (primary N) is 1. The number of fused-ring (bicyclic) bond motifs is 1. The van der Waals surface area contributed by atoms with Gasteiger partial charge in [0, 0.05) is 19.2 Å². The Bertz CT molecular complexity index is 457. The zero-order chi connectivity index (χ0) is 10.1. The molecule has 0 fully saturated rings. The summed E-state index contributed by atoms with van der Waals surface area (Å²) in [5.74, 6) is 1.10. The highest BCUT2D eigenvalue weighted by Crippen LogP contribution is 2.14. The van der Waals surface area contributed by atoms with E-state index < -0.39 is 0 Å². The molecule has 2 heterocycles. The third kappa shape index (κ3) is 1.30. The van der Waals surface area contributed by atoms with Gasteiger partial charge in [0.05, 0.1) is 11.2 Å². The van der Waals surface area contributed by atoms with Crippen LogP contribution in [0, 0.1) is 6.92 Å². The van der Waals surface area contributed by atoms with Crippen molar-refractivity contribution in [1.82, 2.24) is 9.38 Å². The minimum Gasteiger partial charge on any atom is -0.326 e. The molecule has 0 amide bonds. The third-order valence-electron chi connectivity index (χ3n) is 2.51. The van der Waals surface area contributed by atoms with Crippen LogP contribution < -0.4 is 5.73 Å². The van der Waals surface area contributed by atoms with Crippen LogP contribution in [0.2, 0.25) is 0 Å². The summed E-state index contributed by atoms with van der Waals surface area (Å²) in [5.41, 5.74) is 9.02. The molecule has 2 rings (SSSR count). The smallest absolute Gasteiger partial charge is 0.113 e. The van der Waals surface area contributed by atoms with E-state index in [1.807, 2.05) is 6.92 Å². The number of hydrogen-bond donors (Lipinski definition) is 1. The third-order valence-corrected chi connectivity index (χ3v) is 2.51. The number of aryl methyl sites for hydroxylation is 2. The topological polar surface area (TPSA) is 43.3 Å². The molecule has 0 aliphatic carbocycles. The van der Waals surface area contributed by atoms with Crippen LogP contribution in [0.25, 0.3) is 5.52 Å². The summed E-state index contributed by atoms with van der Waals surface area (Å²) >= 11 is 0. The molecular weight excluding hydrogens is 174 g/mol. The van der Waals surface area contributed by atoms with Crippen LogP contribution in [0.3, 0.4) is 0 Å². The van der Waals surface area contributed by atoms with Crippen molar-refractivity contribution in [1.29, 1.82) is 0 Å². The second-order valence-corrected chi connectivity index (χ2v) is 3.46. The lowest BCUT2D eigenvalue weighted by molar-refractivity contribution is 0.914. The average Bonchev–Trinajstić information content (AvgIpc) is 2.55. The molecule has 3 heteroatoms. The first kappa shape index (κ1) is 9.21. The number of imidazole rings is 1. The van der Waals surface area contributed by atoms with Gasteiger partial charge in [-0.25, -0.2) is 4.98 Å². The lowest BCUT2D eigenvalue weighted by Gasteiger charge is -2.01. The Kier molecular flexibility index (Phi) is 2.25. The van der Waals surface area contributed by atoms with Gasteiger partial charge in [-0.2, -0.15) is 0 Å². The van der Waals surface area contributed by atoms with Crippen molar-refractivity contribution in [2.24, 2.45) is 5.73 Å². The highest BCUT2D eigenvalue weighted by Gasteiger charge is 2.05. The van der Waals surface area contributed by atoms with E-state index in [0.29, 0.717) is 6.54 Å². The largest absolute Gasteiger partial charge is 0.326 e. The minimum absolute atomic E-state index is 0.580. The summed E-state index contributed by atoms with van der Waals surface area (Å²) in [6.07, 6.45) is 3.02. The molecule has 0 bridgehead atoms. The number of rotatable bonds is 2. The molecule has 0 unspecified atom stereocenters. The van der Waals surface area contributed by atoms with E-state index in [4.69, 9.17) is 5.73 Å². The zero-order valence-electron chi connectivity index (χ0n) is 8.62. The fourth-order valence-corrected chi connectivity index (χ4v) is 1.73. The van der Waals surface area contributed by atoms with Crippen molar-refractivity contribution < 1.29 is 0 Å². The van der Waals surface area contributed by atoms with Crippen molar-refractivity contribution in [3.05, 3.63) is 35.4 Å². The van der Waals surface area contributed by atoms with Gasteiger partial charge in [0.15, 0.2) is 0 Å². The molecule has 14 heavy (non-hydrogen) atoms. The quantitative estimate of drug-likeness (QED) is 0.780. The molecule has 3 nitrogen and oxygen atoms in total. The van der Waals surface area contributed by atoms with Crippen molar-refractivity contribution in [3.63, 3.8) is 0 Å². The van der Waals surface area contributed by atoms with Gasteiger partial charge in [0.2, 0.25) is 0 Å². The normalized spacial score (nSPS) is 11.1. The Morgan fingerprint density at radius 1 is 1.43 bits per heavy atom. The van der Waals surface area contributed by atoms with Gasteiger partial charge in [0.1, 0.15) is 5.82 Å². The summed E-state index contributed by atoms with van der Waals surface area (Å²) in [5, 5.41) is 0. The first-order valence-electron chi connectivity index (χ1n) is 4.92. The maximum Gasteiger partial charge on any atom is 0.113 e. The summed E-state index contributed by atoms with van der Waals surface area (Å²) in [6.45, 7) is 4.73. The van der Waals surface area contributed by atoms with Gasteiger partial charge in [-0.05, 0) is 18.6 Å². The lowest BCUT2D eigenvalue weighted by atomic mass is 10.2. The molecule has 2 aromatic rings. The molecule has 2 aromatic heterocycles. The van der Waals surface area contributed by atoms with Gasteiger partial charge in [-0.1, -0.05) is 13.0 Å². The van der Waals surface area contributed by atoms with Gasteiger partial charge >= 0.3 is 0 Å². The second-order valence-electron chi connectivity index (χ2n) is 3.46. The molecule has 0 saturated heterocycles. The molecule has 0 aliphatic heterocycles. The van der Waals surface area contributed by atoms with E-state index >= 15 is 0 Å². The fraction of sp³-hybridized carbons (Fsp3) is 0.364. The number of nitrogens with zero attached hydrogens (tertiary/aromatic N) is 2. The molecule has 0 atom stereocenters. The van der Waals surface area contributed by atoms with Crippen molar-refractivity contribution in [2.75, 3.05) is 0 Å². The standard InChI is InChI=1S/C11H15N3/c1-3-11-13-8(2)10-5-4-9(6-12)7-14(10)11/h4-5,7H,3,6,12H2,1-2H3. The summed E-state index contributed by atoms with van der Waals surface area (Å²) < 4.78 is 2.14. The van der Waals surface area contributed by atoms with Crippen LogP contribution in [-0.4, -0.2) is 9.38 Å². The Morgan fingerprint density at radius 3 is 2.86 bits per heavy atom. The summed E-state index contributed by atoms with van der Waals surface area (Å²) in [4.78, 5) is 4.51. The maximum absolute atomic E-state index is 5.61. The van der Waals surface area contributed by atoms with Crippen LogP contribution in [0.4, 0.5) is 0 Å². The van der Waals surface area contributed by atoms with E-state index in [1.54, 1.807) is 0 Å². The minimum atomic E-state index is 0.580. The predicted molar refractivity (Wildman–Crippen MR) is 57.2 cm³/mol. The van der Waals surface area contributed by atoms with Crippen molar-refractivity contribution in [3.8, 4) is 0 Å². The Balaban J connectivity index is 2.71. The van der Waals surface area contributed by atoms with Gasteiger partial charge in [0.25, 0.3) is 0 Å². The molecule has 0 aliphatic rings. The predicted octanol–water partition coefficient (Wildman–Crippen LogP) is 1.66. The molecule has 0 spiro atoms. The summed E-state index contributed by atoms with van der Waals surface area (Å²) in [6, 6.07) is 4.15. The lowest BCUT2D eigenvalue weighted by Crippen LogP contribution is -1.99.